The van der Waals surface area contributed by atoms with Crippen LogP contribution in [0.4, 0.5) is 0 Å². The molecule has 140 valence electrons. The van der Waals surface area contributed by atoms with E-state index < -0.39 is 16.2 Å². The summed E-state index contributed by atoms with van der Waals surface area (Å²) in [6.07, 6.45) is 2.56. The van der Waals surface area contributed by atoms with Crippen LogP contribution < -0.4 is 0 Å². The maximum Gasteiger partial charge on any atom is 0.0852 e. The summed E-state index contributed by atoms with van der Waals surface area (Å²) in [6.45, 7) is 8.05. The zero-order valence-corrected chi connectivity index (χ0v) is 17.1. The van der Waals surface area contributed by atoms with E-state index in [-0.39, 0.29) is 0 Å². The van der Waals surface area contributed by atoms with Gasteiger partial charge in [-0.2, -0.15) is 0 Å². The fourth-order valence-electron chi connectivity index (χ4n) is 3.12. The molecule has 0 bridgehead atoms. The molecule has 0 aliphatic rings. The summed E-state index contributed by atoms with van der Waals surface area (Å²) in [5.74, 6) is 6.71. The van der Waals surface area contributed by atoms with Gasteiger partial charge in [-0.05, 0) is 56.2 Å². The fourth-order valence-corrected chi connectivity index (χ4v) is 4.45. The second kappa shape index (κ2) is 8.87. The van der Waals surface area contributed by atoms with Crippen LogP contribution in [0, 0.1) is 18.8 Å². The number of benzene rings is 3. The van der Waals surface area contributed by atoms with E-state index >= 15 is 0 Å². The van der Waals surface area contributed by atoms with Gasteiger partial charge >= 0.3 is 0 Å². The van der Waals surface area contributed by atoms with Gasteiger partial charge in [0.05, 0.1) is 16.2 Å². The van der Waals surface area contributed by atoms with Gasteiger partial charge in [0, 0.05) is 15.4 Å². The molecule has 0 saturated heterocycles. The second-order valence-corrected chi connectivity index (χ2v) is 8.47. The Kier molecular flexibility index (Phi) is 6.29. The minimum Gasteiger partial charge on any atom is -0.249 e. The highest BCUT2D eigenvalue weighted by Gasteiger charge is 2.28. The Hall–Kier alpha value is -2.89. The molecule has 0 N–H and O–H groups in total. The Morgan fingerprint density at radius 1 is 0.964 bits per heavy atom. The Morgan fingerprint density at radius 2 is 1.61 bits per heavy atom. The van der Waals surface area contributed by atoms with Crippen molar-refractivity contribution in [1.29, 1.82) is 0 Å². The average Bonchev–Trinajstić information content (AvgIpc) is 2.73. The van der Waals surface area contributed by atoms with E-state index in [0.29, 0.717) is 6.42 Å². The first-order valence-electron chi connectivity index (χ1n) is 9.30. The molecular weight excluding hydrogens is 360 g/mol. The molecule has 2 heteroatoms. The number of hydrogen-bond acceptors (Lipinski definition) is 1. The summed E-state index contributed by atoms with van der Waals surface area (Å²) < 4.78 is 13.3. The van der Waals surface area contributed by atoms with Crippen LogP contribution in [0.15, 0.2) is 101 Å². The first-order chi connectivity index (χ1) is 13.5. The van der Waals surface area contributed by atoms with Crippen LogP contribution in [-0.4, -0.2) is 4.21 Å². The van der Waals surface area contributed by atoms with Gasteiger partial charge in [-0.3, -0.25) is 0 Å². The molecule has 3 aromatic rings. The molecule has 0 heterocycles. The third kappa shape index (κ3) is 4.50. The summed E-state index contributed by atoms with van der Waals surface area (Å²) in [5.41, 5.74) is 2.63. The van der Waals surface area contributed by atoms with Gasteiger partial charge in [-0.15, -0.1) is 6.58 Å². The van der Waals surface area contributed by atoms with Crippen molar-refractivity contribution >= 4 is 10.8 Å². The lowest BCUT2D eigenvalue weighted by atomic mass is 9.80. The quantitative estimate of drug-likeness (QED) is 0.387. The summed E-state index contributed by atoms with van der Waals surface area (Å²) in [6, 6.07) is 25.7. The van der Waals surface area contributed by atoms with E-state index in [1.54, 1.807) is 0 Å². The largest absolute Gasteiger partial charge is 0.249 e. The normalized spacial score (nSPS) is 13.6. The van der Waals surface area contributed by atoms with Gasteiger partial charge in [0.15, 0.2) is 0 Å². The van der Waals surface area contributed by atoms with Crippen LogP contribution in [0.25, 0.3) is 0 Å². The average molecular weight is 385 g/mol. The smallest absolute Gasteiger partial charge is 0.0852 e. The molecule has 3 aromatic carbocycles. The molecule has 1 unspecified atom stereocenters. The van der Waals surface area contributed by atoms with Crippen molar-refractivity contribution < 1.29 is 4.21 Å². The zero-order chi connectivity index (χ0) is 20.0. The van der Waals surface area contributed by atoms with Crippen molar-refractivity contribution in [3.05, 3.63) is 108 Å². The number of hydrogen-bond donors (Lipinski definition) is 0. The van der Waals surface area contributed by atoms with Crippen LogP contribution >= 0.6 is 0 Å². The van der Waals surface area contributed by atoms with E-state index in [1.807, 2.05) is 91.9 Å². The highest BCUT2D eigenvalue weighted by atomic mass is 32.2. The molecule has 28 heavy (non-hydrogen) atoms. The predicted octanol–water partition coefficient (Wildman–Crippen LogP) is 6.05. The second-order valence-electron chi connectivity index (χ2n) is 7.02. The topological polar surface area (TPSA) is 17.1 Å². The molecule has 2 atom stereocenters. The molecule has 0 fully saturated rings. The lowest BCUT2D eigenvalue weighted by Crippen LogP contribution is -2.21. The monoisotopic (exact) mass is 384 g/mol. The maximum absolute atomic E-state index is 13.3. The Labute approximate surface area is 170 Å². The van der Waals surface area contributed by atoms with Gasteiger partial charge in [0.2, 0.25) is 0 Å². The van der Waals surface area contributed by atoms with Crippen LogP contribution in [0.5, 0.6) is 0 Å². The first-order valence-corrected chi connectivity index (χ1v) is 10.5. The van der Waals surface area contributed by atoms with E-state index in [4.69, 9.17) is 0 Å². The van der Waals surface area contributed by atoms with Crippen LogP contribution in [0.1, 0.15) is 30.0 Å². The molecule has 0 aromatic heterocycles. The molecule has 0 spiro atoms. The third-order valence-corrected chi connectivity index (χ3v) is 6.18. The van der Waals surface area contributed by atoms with E-state index in [1.165, 1.54) is 0 Å². The SMILES string of the molecule is C=CC[C@@](C)(C#Cc1ccccc1)c1ccccc1S(=O)c1ccc(C)cc1. The van der Waals surface area contributed by atoms with Crippen molar-refractivity contribution in [3.63, 3.8) is 0 Å². The highest BCUT2D eigenvalue weighted by Crippen LogP contribution is 2.33. The summed E-state index contributed by atoms with van der Waals surface area (Å²) in [4.78, 5) is 1.60. The van der Waals surface area contributed by atoms with Crippen LogP contribution in [-0.2, 0) is 16.2 Å². The molecule has 0 saturated carbocycles. The summed E-state index contributed by atoms with van der Waals surface area (Å²) >= 11 is 0. The zero-order valence-electron chi connectivity index (χ0n) is 16.3. The number of allylic oxidation sites excluding steroid dienone is 1. The molecule has 1 nitrogen and oxygen atoms in total. The molecule has 0 aliphatic heterocycles. The van der Waals surface area contributed by atoms with Gasteiger partial charge in [0.25, 0.3) is 0 Å². The van der Waals surface area contributed by atoms with Gasteiger partial charge < -0.3 is 0 Å². The minimum absolute atomic E-state index is 0.478. The van der Waals surface area contributed by atoms with Crippen molar-refractivity contribution in [2.45, 2.75) is 35.5 Å². The maximum atomic E-state index is 13.3. The molecular formula is C26H24OS. The lowest BCUT2D eigenvalue weighted by Gasteiger charge is -2.25. The van der Waals surface area contributed by atoms with E-state index in [0.717, 1.165) is 26.5 Å². The highest BCUT2D eigenvalue weighted by molar-refractivity contribution is 7.85. The van der Waals surface area contributed by atoms with Crippen LogP contribution in [0.3, 0.4) is 0 Å². The summed E-state index contributed by atoms with van der Waals surface area (Å²) in [7, 11) is -1.27. The molecule has 0 amide bonds. The predicted molar refractivity (Wildman–Crippen MR) is 118 cm³/mol. The molecule has 3 rings (SSSR count). The van der Waals surface area contributed by atoms with Crippen molar-refractivity contribution in [1.82, 2.24) is 0 Å². The fraction of sp³-hybridized carbons (Fsp3) is 0.154. The minimum atomic E-state index is -1.27. The Morgan fingerprint density at radius 3 is 2.29 bits per heavy atom. The third-order valence-electron chi connectivity index (χ3n) is 4.73. The van der Waals surface area contributed by atoms with Gasteiger partial charge in [-0.1, -0.05) is 72.0 Å². The Balaban J connectivity index is 2.07. The lowest BCUT2D eigenvalue weighted by molar-refractivity contribution is 0.613. The molecule has 0 aliphatic carbocycles. The van der Waals surface area contributed by atoms with Gasteiger partial charge in [-0.25, -0.2) is 4.21 Å². The molecule has 0 radical (unpaired) electrons. The van der Waals surface area contributed by atoms with E-state index in [2.05, 4.69) is 25.3 Å². The van der Waals surface area contributed by atoms with Crippen molar-refractivity contribution in [2.75, 3.05) is 0 Å². The van der Waals surface area contributed by atoms with Crippen molar-refractivity contribution in [3.8, 4) is 11.8 Å². The standard InChI is InChI=1S/C26H24OS/c1-4-19-26(3,20-18-22-10-6-5-7-11-22)24-12-8-9-13-25(24)28(27)23-16-14-21(2)15-17-23/h4-17H,1,19H2,2-3H3/t26-,28?/m0/s1. The first kappa shape index (κ1) is 19.9. The summed E-state index contributed by atoms with van der Waals surface area (Å²) in [5, 5.41) is 0. The van der Waals surface area contributed by atoms with Crippen molar-refractivity contribution in [2.24, 2.45) is 0 Å². The van der Waals surface area contributed by atoms with E-state index in [9.17, 15) is 4.21 Å². The number of aryl methyl sites for hydroxylation is 1. The van der Waals surface area contributed by atoms with Gasteiger partial charge in [0.1, 0.15) is 0 Å². The Bertz CT molecular complexity index is 1040. The number of rotatable bonds is 5. The van der Waals surface area contributed by atoms with Crippen LogP contribution in [0.2, 0.25) is 0 Å².